The van der Waals surface area contributed by atoms with E-state index < -0.39 is 0 Å². The number of hydrogen-bond donors (Lipinski definition) is 5. The lowest BCUT2D eigenvalue weighted by molar-refractivity contribution is 0.0715. The van der Waals surface area contributed by atoms with Crippen LogP contribution < -0.4 is 26.8 Å². The predicted molar refractivity (Wildman–Crippen MR) is 117 cm³/mol. The number of ether oxygens (including phenoxy) is 1. The molecule has 2 atom stereocenters. The Kier molecular flexibility index (Phi) is 6.50. The van der Waals surface area contributed by atoms with Gasteiger partial charge >= 0.3 is 6.03 Å². The molecule has 3 aliphatic rings. The summed E-state index contributed by atoms with van der Waals surface area (Å²) in [5.41, 5.74) is 7.68. The molecule has 2 saturated heterocycles. The van der Waals surface area contributed by atoms with E-state index in [2.05, 4.69) is 46.8 Å². The van der Waals surface area contributed by atoms with Crippen molar-refractivity contribution < 1.29 is 9.53 Å². The maximum Gasteiger partial charge on any atom is 0.332 e. The van der Waals surface area contributed by atoms with Gasteiger partial charge in [0.25, 0.3) is 0 Å². The van der Waals surface area contributed by atoms with Crippen LogP contribution in [0.2, 0.25) is 5.02 Å². The topological polar surface area (TPSA) is 89.7 Å². The number of carbonyl (C=O) groups excluding carboxylic acids is 1. The summed E-state index contributed by atoms with van der Waals surface area (Å²) in [6.45, 7) is 6.90. The van der Waals surface area contributed by atoms with Crippen molar-refractivity contribution in [2.75, 3.05) is 19.8 Å². The summed E-state index contributed by atoms with van der Waals surface area (Å²) in [4.78, 5) is 14.7. The van der Waals surface area contributed by atoms with Crippen molar-refractivity contribution in [1.29, 1.82) is 0 Å². The average molecular weight is 435 g/mol. The second kappa shape index (κ2) is 9.11. The van der Waals surface area contributed by atoms with Crippen LogP contribution in [0, 0.1) is 0 Å². The smallest absolute Gasteiger partial charge is 0.332 e. The van der Waals surface area contributed by atoms with Crippen LogP contribution in [0.5, 0.6) is 0 Å². The maximum atomic E-state index is 12.9. The number of likely N-dealkylation sites (tertiary alicyclic amines) is 1. The van der Waals surface area contributed by atoms with E-state index in [0.717, 1.165) is 31.6 Å². The zero-order valence-electron chi connectivity index (χ0n) is 17.5. The largest absolute Gasteiger partial charge is 0.381 e. The van der Waals surface area contributed by atoms with E-state index in [0.29, 0.717) is 24.2 Å². The lowest BCUT2D eigenvalue weighted by Crippen LogP contribution is -2.61. The maximum absolute atomic E-state index is 12.9. The molecular weight excluding hydrogens is 404 g/mol. The Bertz CT molecular complexity index is 778. The van der Waals surface area contributed by atoms with Gasteiger partial charge in [-0.3, -0.25) is 16.1 Å². The van der Waals surface area contributed by atoms with Crippen LogP contribution in [-0.2, 0) is 11.3 Å². The summed E-state index contributed by atoms with van der Waals surface area (Å²) in [5.74, 6) is 0. The van der Waals surface area contributed by atoms with Crippen molar-refractivity contribution in [3.63, 3.8) is 0 Å². The van der Waals surface area contributed by atoms with Crippen LogP contribution in [0.15, 0.2) is 36.0 Å². The molecular formula is C21H31ClN6O2. The van der Waals surface area contributed by atoms with Gasteiger partial charge in [-0.15, -0.1) is 0 Å². The SMILES string of the molecule is CC1(C)C2=CNC(NC3CCOCC3)NC2CN1C(=O)NNCc1ccc(Cl)cc1. The molecule has 5 N–H and O–H groups in total. The van der Waals surface area contributed by atoms with E-state index in [4.69, 9.17) is 16.3 Å². The quantitative estimate of drug-likeness (QED) is 0.453. The summed E-state index contributed by atoms with van der Waals surface area (Å²) >= 11 is 5.92. The van der Waals surface area contributed by atoms with E-state index in [-0.39, 0.29) is 23.9 Å². The molecule has 3 heterocycles. The number of fused-ring (bicyclic) bond motifs is 1. The number of benzene rings is 1. The minimum atomic E-state index is -0.389. The van der Waals surface area contributed by atoms with Gasteiger partial charge in [-0.1, -0.05) is 23.7 Å². The molecule has 8 nitrogen and oxygen atoms in total. The van der Waals surface area contributed by atoms with Gasteiger partial charge in [-0.2, -0.15) is 0 Å². The minimum absolute atomic E-state index is 0.0105. The second-order valence-electron chi connectivity index (χ2n) is 8.55. The van der Waals surface area contributed by atoms with Crippen molar-refractivity contribution in [3.05, 3.63) is 46.6 Å². The number of hydrogen-bond acceptors (Lipinski definition) is 6. The highest BCUT2D eigenvalue weighted by atomic mass is 35.5. The van der Waals surface area contributed by atoms with E-state index in [9.17, 15) is 4.79 Å². The Morgan fingerprint density at radius 1 is 1.27 bits per heavy atom. The molecule has 0 aliphatic carbocycles. The van der Waals surface area contributed by atoms with E-state index in [1.807, 2.05) is 29.2 Å². The Labute approximate surface area is 182 Å². The molecule has 4 rings (SSSR count). The zero-order valence-corrected chi connectivity index (χ0v) is 18.3. The van der Waals surface area contributed by atoms with Gasteiger partial charge in [-0.25, -0.2) is 10.2 Å². The van der Waals surface area contributed by atoms with Gasteiger partial charge in [0.1, 0.15) is 6.29 Å². The molecule has 9 heteroatoms. The van der Waals surface area contributed by atoms with Crippen molar-refractivity contribution in [3.8, 4) is 0 Å². The first-order valence-electron chi connectivity index (χ1n) is 10.5. The van der Waals surface area contributed by atoms with Crippen LogP contribution in [0.4, 0.5) is 4.79 Å². The highest BCUT2D eigenvalue weighted by molar-refractivity contribution is 6.30. The van der Waals surface area contributed by atoms with Gasteiger partial charge in [0.05, 0.1) is 11.6 Å². The molecule has 2 amide bonds. The third kappa shape index (κ3) is 4.73. The number of carbonyl (C=O) groups is 1. The fraction of sp³-hybridized carbons (Fsp3) is 0.571. The molecule has 0 spiro atoms. The first kappa shape index (κ1) is 21.4. The van der Waals surface area contributed by atoms with Crippen LogP contribution in [-0.4, -0.2) is 54.6 Å². The molecule has 2 fully saturated rings. The van der Waals surface area contributed by atoms with E-state index in [1.165, 1.54) is 5.57 Å². The van der Waals surface area contributed by atoms with E-state index in [1.54, 1.807) is 0 Å². The molecule has 0 bridgehead atoms. The number of hydrazine groups is 1. The Morgan fingerprint density at radius 3 is 2.73 bits per heavy atom. The van der Waals surface area contributed by atoms with Crippen molar-refractivity contribution in [2.24, 2.45) is 0 Å². The van der Waals surface area contributed by atoms with Crippen molar-refractivity contribution >= 4 is 17.6 Å². The Morgan fingerprint density at radius 2 is 2.00 bits per heavy atom. The number of halogens is 1. The normalized spacial score (nSPS) is 26.0. The third-order valence-corrected chi connectivity index (χ3v) is 6.42. The monoisotopic (exact) mass is 434 g/mol. The third-order valence-electron chi connectivity index (χ3n) is 6.17. The summed E-state index contributed by atoms with van der Waals surface area (Å²) in [7, 11) is 0. The molecule has 164 valence electrons. The van der Waals surface area contributed by atoms with Crippen molar-refractivity contribution in [1.82, 2.24) is 31.7 Å². The van der Waals surface area contributed by atoms with Crippen LogP contribution >= 0.6 is 11.6 Å². The van der Waals surface area contributed by atoms with Crippen LogP contribution in [0.1, 0.15) is 32.3 Å². The standard InChI is InChI=1S/C21H31ClN6O2/c1-21(2)17-12-23-19(25-16-7-9-30-10-8-16)26-18(17)13-28(21)20(29)27-24-11-14-3-5-15(22)6-4-14/h3-6,12,16,18-19,23-26H,7-11,13H2,1-2H3,(H,27,29). The lowest BCUT2D eigenvalue weighted by atomic mass is 9.92. The molecule has 0 saturated carbocycles. The lowest BCUT2D eigenvalue weighted by Gasteiger charge is -2.36. The van der Waals surface area contributed by atoms with Gasteiger partial charge in [0.15, 0.2) is 0 Å². The fourth-order valence-corrected chi connectivity index (χ4v) is 4.48. The van der Waals surface area contributed by atoms with Gasteiger partial charge in [-0.05, 0) is 50.0 Å². The van der Waals surface area contributed by atoms with Gasteiger partial charge in [0, 0.05) is 43.6 Å². The van der Waals surface area contributed by atoms with Crippen molar-refractivity contribution in [2.45, 2.75) is 57.1 Å². The molecule has 0 aromatic heterocycles. The highest BCUT2D eigenvalue weighted by Gasteiger charge is 2.47. The molecule has 30 heavy (non-hydrogen) atoms. The highest BCUT2D eigenvalue weighted by Crippen LogP contribution is 2.35. The number of rotatable bonds is 5. The predicted octanol–water partition coefficient (Wildman–Crippen LogP) is 1.65. The average Bonchev–Trinajstić information content (AvgIpc) is 3.00. The number of nitrogens with one attached hydrogen (secondary N) is 5. The second-order valence-corrected chi connectivity index (χ2v) is 8.99. The number of nitrogens with zero attached hydrogens (tertiary/aromatic N) is 1. The van der Waals surface area contributed by atoms with Crippen LogP contribution in [0.3, 0.4) is 0 Å². The number of urea groups is 1. The van der Waals surface area contributed by atoms with E-state index >= 15 is 0 Å². The Hall–Kier alpha value is -1.84. The summed E-state index contributed by atoms with van der Waals surface area (Å²) in [5, 5.41) is 11.3. The van der Waals surface area contributed by atoms with Gasteiger partial charge < -0.3 is 15.0 Å². The zero-order chi connectivity index (χ0) is 21.1. The number of amides is 2. The molecule has 1 aromatic rings. The molecule has 3 aliphatic heterocycles. The minimum Gasteiger partial charge on any atom is -0.381 e. The first-order valence-corrected chi connectivity index (χ1v) is 10.9. The van der Waals surface area contributed by atoms with Gasteiger partial charge in [0.2, 0.25) is 0 Å². The summed E-state index contributed by atoms with van der Waals surface area (Å²) in [6, 6.07) is 7.95. The molecule has 2 unspecified atom stereocenters. The van der Waals surface area contributed by atoms with Crippen LogP contribution in [0.25, 0.3) is 0 Å². The summed E-state index contributed by atoms with van der Waals surface area (Å²) in [6.07, 6.45) is 4.08. The fourth-order valence-electron chi connectivity index (χ4n) is 4.36. The summed E-state index contributed by atoms with van der Waals surface area (Å²) < 4.78 is 5.44. The first-order chi connectivity index (χ1) is 14.4. The Balaban J connectivity index is 1.31. The molecule has 1 aromatic carbocycles. The molecule has 0 radical (unpaired) electrons.